The Labute approximate surface area is 177 Å². The first-order valence-electron chi connectivity index (χ1n) is 8.96. The molecule has 1 fully saturated rings. The van der Waals surface area contributed by atoms with Gasteiger partial charge < -0.3 is 5.32 Å². The van der Waals surface area contributed by atoms with Crippen LogP contribution in [0, 0.1) is 0 Å². The number of alkyl halides is 3. The zero-order valence-electron chi connectivity index (χ0n) is 15.9. The van der Waals surface area contributed by atoms with E-state index in [1.54, 1.807) is 0 Å². The van der Waals surface area contributed by atoms with Crippen molar-refractivity contribution in [1.82, 2.24) is 4.72 Å². The fourth-order valence-electron chi connectivity index (χ4n) is 2.91. The third kappa shape index (κ3) is 5.74. The predicted octanol–water partition coefficient (Wildman–Crippen LogP) is 2.32. The molecule has 0 bridgehead atoms. The number of carbonyl (C=O) groups excluding carboxylic acids is 1. The Hall–Kier alpha value is -2.64. The molecular formula is C18H18F3N3O5S2. The van der Waals surface area contributed by atoms with Crippen molar-refractivity contribution >= 4 is 37.3 Å². The van der Waals surface area contributed by atoms with Gasteiger partial charge in [0.15, 0.2) is 0 Å². The second-order valence-electron chi connectivity index (χ2n) is 6.71. The number of sulfonamides is 2. The first-order valence-corrected chi connectivity index (χ1v) is 12.0. The highest BCUT2D eigenvalue weighted by atomic mass is 32.2. The van der Waals surface area contributed by atoms with Gasteiger partial charge in [0, 0.05) is 17.8 Å². The van der Waals surface area contributed by atoms with Crippen molar-refractivity contribution in [2.24, 2.45) is 0 Å². The van der Waals surface area contributed by atoms with Crippen LogP contribution in [0.15, 0.2) is 53.4 Å². The Kier molecular flexibility index (Phi) is 6.30. The molecule has 2 aromatic rings. The summed E-state index contributed by atoms with van der Waals surface area (Å²) in [7, 11) is -7.80. The van der Waals surface area contributed by atoms with E-state index in [0.717, 1.165) is 12.1 Å². The zero-order chi connectivity index (χ0) is 22.9. The van der Waals surface area contributed by atoms with Crippen molar-refractivity contribution in [2.75, 3.05) is 28.5 Å². The van der Waals surface area contributed by atoms with Crippen molar-refractivity contribution in [2.45, 2.75) is 17.5 Å². The normalized spacial score (nSPS) is 16.3. The Morgan fingerprint density at radius 2 is 1.77 bits per heavy atom. The van der Waals surface area contributed by atoms with E-state index in [1.165, 1.54) is 45.4 Å². The molecule has 1 saturated heterocycles. The van der Waals surface area contributed by atoms with Crippen LogP contribution in [0.25, 0.3) is 0 Å². The number of nitrogens with one attached hydrogen (secondary N) is 2. The van der Waals surface area contributed by atoms with E-state index in [0.29, 0.717) is 24.3 Å². The van der Waals surface area contributed by atoms with Gasteiger partial charge in [0.2, 0.25) is 20.0 Å². The average molecular weight is 477 g/mol. The first-order chi connectivity index (χ1) is 14.4. The van der Waals surface area contributed by atoms with Gasteiger partial charge in [-0.15, -0.1) is 0 Å². The SMILES string of the molecule is O=C(Nc1ccc(N2CCCS2(=O)=O)cc1)c1cccc(S(=O)(=O)NCC(F)(F)F)c1. The lowest BCUT2D eigenvalue weighted by molar-refractivity contribution is -0.121. The van der Waals surface area contributed by atoms with Gasteiger partial charge in [-0.25, -0.2) is 21.6 Å². The van der Waals surface area contributed by atoms with Crippen LogP contribution in [0.1, 0.15) is 16.8 Å². The van der Waals surface area contributed by atoms with E-state index < -0.39 is 43.6 Å². The summed E-state index contributed by atoms with van der Waals surface area (Å²) in [4.78, 5) is 12.0. The molecule has 2 N–H and O–H groups in total. The van der Waals surface area contributed by atoms with Crippen LogP contribution >= 0.6 is 0 Å². The molecule has 31 heavy (non-hydrogen) atoms. The zero-order valence-corrected chi connectivity index (χ0v) is 17.5. The highest BCUT2D eigenvalue weighted by molar-refractivity contribution is 7.93. The van der Waals surface area contributed by atoms with Crippen LogP contribution < -0.4 is 14.3 Å². The summed E-state index contributed by atoms with van der Waals surface area (Å²) in [6.45, 7) is -1.36. The fourth-order valence-corrected chi connectivity index (χ4v) is 5.53. The van der Waals surface area contributed by atoms with E-state index in [1.807, 2.05) is 0 Å². The van der Waals surface area contributed by atoms with Crippen molar-refractivity contribution in [1.29, 1.82) is 0 Å². The standard InChI is InChI=1S/C18H18F3N3O5S2/c19-18(20,21)12-22-31(28,29)16-4-1-3-13(11-16)17(25)23-14-5-7-15(8-6-14)24-9-2-10-30(24,26)27/h1,3-8,11,22H,2,9-10,12H2,(H,23,25). The number of hydrogen-bond acceptors (Lipinski definition) is 5. The van der Waals surface area contributed by atoms with Crippen molar-refractivity contribution < 1.29 is 34.8 Å². The number of anilines is 2. The van der Waals surface area contributed by atoms with E-state index in [-0.39, 0.29) is 11.3 Å². The Bertz CT molecular complexity index is 1180. The smallest absolute Gasteiger partial charge is 0.322 e. The van der Waals surface area contributed by atoms with Crippen molar-refractivity contribution in [3.63, 3.8) is 0 Å². The van der Waals surface area contributed by atoms with Gasteiger partial charge in [0.25, 0.3) is 5.91 Å². The monoisotopic (exact) mass is 477 g/mol. The molecule has 1 aliphatic heterocycles. The van der Waals surface area contributed by atoms with Gasteiger partial charge in [-0.2, -0.15) is 13.2 Å². The number of rotatable bonds is 6. The fraction of sp³-hybridized carbons (Fsp3) is 0.278. The molecule has 13 heteroatoms. The van der Waals surface area contributed by atoms with Crippen LogP contribution in [-0.2, 0) is 20.0 Å². The number of carbonyl (C=O) groups is 1. The molecule has 0 spiro atoms. The number of hydrogen-bond donors (Lipinski definition) is 2. The second-order valence-corrected chi connectivity index (χ2v) is 10.5. The average Bonchev–Trinajstić information content (AvgIpc) is 3.06. The Balaban J connectivity index is 1.72. The summed E-state index contributed by atoms with van der Waals surface area (Å²) >= 11 is 0. The van der Waals surface area contributed by atoms with E-state index in [9.17, 15) is 34.8 Å². The molecule has 0 radical (unpaired) electrons. The molecule has 2 aromatic carbocycles. The first kappa shape index (κ1) is 23.0. The maximum Gasteiger partial charge on any atom is 0.402 e. The van der Waals surface area contributed by atoms with E-state index in [2.05, 4.69) is 5.32 Å². The molecule has 1 amide bonds. The number of benzene rings is 2. The van der Waals surface area contributed by atoms with Gasteiger partial charge in [0.1, 0.15) is 6.54 Å². The molecule has 168 valence electrons. The Morgan fingerprint density at radius 1 is 1.10 bits per heavy atom. The molecule has 0 saturated carbocycles. The molecule has 0 aliphatic carbocycles. The van der Waals surface area contributed by atoms with Gasteiger partial charge in [0.05, 0.1) is 16.3 Å². The predicted molar refractivity (Wildman–Crippen MR) is 108 cm³/mol. The van der Waals surface area contributed by atoms with E-state index in [4.69, 9.17) is 0 Å². The molecular weight excluding hydrogens is 459 g/mol. The van der Waals surface area contributed by atoms with Crippen LogP contribution in [0.3, 0.4) is 0 Å². The molecule has 0 aromatic heterocycles. The molecule has 8 nitrogen and oxygen atoms in total. The van der Waals surface area contributed by atoms with Gasteiger partial charge in [-0.05, 0) is 48.9 Å². The van der Waals surface area contributed by atoms with Crippen LogP contribution in [0.4, 0.5) is 24.5 Å². The van der Waals surface area contributed by atoms with Crippen molar-refractivity contribution in [3.8, 4) is 0 Å². The van der Waals surface area contributed by atoms with Crippen molar-refractivity contribution in [3.05, 3.63) is 54.1 Å². The Morgan fingerprint density at radius 3 is 2.35 bits per heavy atom. The van der Waals surface area contributed by atoms with Gasteiger partial charge >= 0.3 is 6.18 Å². The van der Waals surface area contributed by atoms with Crippen LogP contribution in [0.5, 0.6) is 0 Å². The lowest BCUT2D eigenvalue weighted by atomic mass is 10.2. The summed E-state index contributed by atoms with van der Waals surface area (Å²) in [5.74, 6) is -0.614. The summed E-state index contributed by atoms with van der Waals surface area (Å²) < 4.78 is 87.6. The quantitative estimate of drug-likeness (QED) is 0.663. The maximum atomic E-state index is 12.4. The number of nitrogens with zero attached hydrogens (tertiary/aromatic N) is 1. The number of halogens is 3. The number of amides is 1. The minimum Gasteiger partial charge on any atom is -0.322 e. The third-order valence-corrected chi connectivity index (χ3v) is 7.65. The molecule has 3 rings (SSSR count). The lowest BCUT2D eigenvalue weighted by Gasteiger charge is -2.17. The summed E-state index contributed by atoms with van der Waals surface area (Å²) in [5, 5.41) is 2.53. The van der Waals surface area contributed by atoms with Crippen LogP contribution in [-0.4, -0.2) is 47.8 Å². The van der Waals surface area contributed by atoms with Crippen LogP contribution in [0.2, 0.25) is 0 Å². The van der Waals surface area contributed by atoms with E-state index >= 15 is 0 Å². The molecule has 0 atom stereocenters. The second kappa shape index (κ2) is 8.48. The molecule has 0 unspecified atom stereocenters. The molecule has 1 aliphatic rings. The van der Waals surface area contributed by atoms with Gasteiger partial charge in [-0.3, -0.25) is 9.10 Å². The highest BCUT2D eigenvalue weighted by Crippen LogP contribution is 2.25. The highest BCUT2D eigenvalue weighted by Gasteiger charge is 2.30. The van der Waals surface area contributed by atoms with Gasteiger partial charge in [-0.1, -0.05) is 6.07 Å². The summed E-state index contributed by atoms with van der Waals surface area (Å²) in [6.07, 6.45) is -4.19. The minimum atomic E-state index is -4.72. The minimum absolute atomic E-state index is 0.0720. The summed E-state index contributed by atoms with van der Waals surface area (Å²) in [6, 6.07) is 10.6. The lowest BCUT2D eigenvalue weighted by Crippen LogP contribution is -2.33. The summed E-state index contributed by atoms with van der Waals surface area (Å²) in [5.41, 5.74) is 0.703. The molecule has 1 heterocycles. The topological polar surface area (TPSA) is 113 Å². The maximum absolute atomic E-state index is 12.4. The third-order valence-electron chi connectivity index (χ3n) is 4.38. The largest absolute Gasteiger partial charge is 0.402 e.